The Balaban J connectivity index is 1.80. The van der Waals surface area contributed by atoms with Crippen LogP contribution >= 0.6 is 0 Å². The number of aliphatic carboxylic acids is 1. The van der Waals surface area contributed by atoms with Crippen molar-refractivity contribution < 1.29 is 27.9 Å². The number of rotatable bonds is 8. The third-order valence-corrected chi connectivity index (χ3v) is 7.04. The maximum atomic E-state index is 13.3. The Hall–Kier alpha value is -3.33. The predicted molar refractivity (Wildman–Crippen MR) is 119 cm³/mol. The molecule has 0 aromatic heterocycles. The molecule has 0 bridgehead atoms. The Morgan fingerprint density at radius 1 is 1.12 bits per heavy atom. The van der Waals surface area contributed by atoms with Gasteiger partial charge in [-0.2, -0.15) is 0 Å². The first kappa shape index (κ1) is 23.3. The number of carboxylic acid groups (broad SMARTS) is 1. The Morgan fingerprint density at radius 2 is 1.81 bits per heavy atom. The van der Waals surface area contributed by atoms with Crippen LogP contribution in [-0.4, -0.2) is 48.9 Å². The number of carbonyl (C=O) groups is 2. The zero-order valence-corrected chi connectivity index (χ0v) is 18.5. The summed E-state index contributed by atoms with van der Waals surface area (Å²) in [6.45, 7) is 0. The van der Waals surface area contributed by atoms with Crippen LogP contribution in [0.25, 0.3) is 0 Å². The number of aryl methyl sites for hydroxylation is 1. The summed E-state index contributed by atoms with van der Waals surface area (Å²) >= 11 is 0. The number of hydrogen-bond acceptors (Lipinski definition) is 5. The Morgan fingerprint density at radius 3 is 2.44 bits per heavy atom. The standard InChI is InChI=1S/C23H26N2O6S/c1-31-18-11-13-19(14-12-18)32(29,30)25-16-6-5-9-20(22(25)23(27)28)24-21(26)15-10-17-7-3-2-4-8-17/h2-4,6-8,11-14,16,20,22H,5,9-10,15H2,1H3,(H,24,26)(H,27,28). The molecule has 3 rings (SSSR count). The number of nitrogens with one attached hydrogen (secondary N) is 1. The lowest BCUT2D eigenvalue weighted by Gasteiger charge is -2.31. The molecule has 0 saturated heterocycles. The highest BCUT2D eigenvalue weighted by Gasteiger charge is 2.40. The van der Waals surface area contributed by atoms with E-state index < -0.39 is 28.1 Å². The van der Waals surface area contributed by atoms with Gasteiger partial charge in [0.1, 0.15) is 5.75 Å². The van der Waals surface area contributed by atoms with Crippen molar-refractivity contribution >= 4 is 21.9 Å². The van der Waals surface area contributed by atoms with Crippen LogP contribution < -0.4 is 10.1 Å². The summed E-state index contributed by atoms with van der Waals surface area (Å²) in [4.78, 5) is 24.6. The SMILES string of the molecule is COc1ccc(S(=O)(=O)N2C=CCCC(NC(=O)CCc3ccccc3)C2C(=O)O)cc1. The molecule has 2 atom stereocenters. The summed E-state index contributed by atoms with van der Waals surface area (Å²) in [5, 5.41) is 12.7. The minimum atomic E-state index is -4.17. The number of carboxylic acids is 1. The fourth-order valence-corrected chi connectivity index (χ4v) is 5.10. The lowest BCUT2D eigenvalue weighted by Crippen LogP contribution is -2.55. The van der Waals surface area contributed by atoms with Crippen LogP contribution in [0.15, 0.2) is 71.8 Å². The van der Waals surface area contributed by atoms with E-state index in [9.17, 15) is 23.1 Å². The quantitative estimate of drug-likeness (QED) is 0.629. The number of benzene rings is 2. The van der Waals surface area contributed by atoms with Crippen LogP contribution in [0, 0.1) is 0 Å². The molecule has 0 spiro atoms. The van der Waals surface area contributed by atoms with Gasteiger partial charge in [-0.15, -0.1) is 0 Å². The first-order valence-electron chi connectivity index (χ1n) is 10.2. The molecule has 0 fully saturated rings. The van der Waals surface area contributed by atoms with Crippen molar-refractivity contribution in [2.24, 2.45) is 0 Å². The van der Waals surface area contributed by atoms with E-state index in [1.54, 1.807) is 6.08 Å². The highest BCUT2D eigenvalue weighted by molar-refractivity contribution is 7.89. The van der Waals surface area contributed by atoms with E-state index in [0.29, 0.717) is 25.0 Å². The molecule has 0 radical (unpaired) electrons. The lowest BCUT2D eigenvalue weighted by atomic mass is 10.0. The lowest BCUT2D eigenvalue weighted by molar-refractivity contribution is -0.142. The van der Waals surface area contributed by atoms with Crippen LogP contribution in [0.2, 0.25) is 0 Å². The van der Waals surface area contributed by atoms with E-state index in [0.717, 1.165) is 9.87 Å². The summed E-state index contributed by atoms with van der Waals surface area (Å²) in [6.07, 6.45) is 4.29. The van der Waals surface area contributed by atoms with Crippen LogP contribution in [0.3, 0.4) is 0 Å². The van der Waals surface area contributed by atoms with Gasteiger partial charge in [0.25, 0.3) is 10.0 Å². The summed E-state index contributed by atoms with van der Waals surface area (Å²) in [7, 11) is -2.70. The smallest absolute Gasteiger partial charge is 0.329 e. The maximum absolute atomic E-state index is 13.3. The molecular weight excluding hydrogens is 432 g/mol. The fraction of sp³-hybridized carbons (Fsp3) is 0.304. The average molecular weight is 459 g/mol. The number of ether oxygens (including phenoxy) is 1. The van der Waals surface area contributed by atoms with Crippen LogP contribution in [0.4, 0.5) is 0 Å². The highest BCUT2D eigenvalue weighted by atomic mass is 32.2. The number of sulfonamides is 1. The molecule has 2 N–H and O–H groups in total. The second-order valence-electron chi connectivity index (χ2n) is 7.42. The largest absolute Gasteiger partial charge is 0.497 e. The minimum Gasteiger partial charge on any atom is -0.497 e. The van der Waals surface area contributed by atoms with Crippen molar-refractivity contribution in [2.45, 2.75) is 42.7 Å². The van der Waals surface area contributed by atoms with Crippen LogP contribution in [0.1, 0.15) is 24.8 Å². The molecule has 8 nitrogen and oxygen atoms in total. The number of amides is 1. The third kappa shape index (κ3) is 5.47. The Bertz CT molecular complexity index is 1070. The van der Waals surface area contributed by atoms with Crippen LogP contribution in [0.5, 0.6) is 5.75 Å². The molecule has 1 amide bonds. The second-order valence-corrected chi connectivity index (χ2v) is 9.26. The Labute approximate surface area is 187 Å². The van der Waals surface area contributed by atoms with Gasteiger partial charge in [-0.05, 0) is 49.1 Å². The molecular formula is C23H26N2O6S. The number of methoxy groups -OCH3 is 1. The molecule has 2 unspecified atom stereocenters. The van der Waals surface area contributed by atoms with Gasteiger partial charge in [0, 0.05) is 12.6 Å². The van der Waals surface area contributed by atoms with E-state index >= 15 is 0 Å². The molecule has 1 aliphatic rings. The van der Waals surface area contributed by atoms with Gasteiger partial charge < -0.3 is 15.2 Å². The average Bonchev–Trinajstić information content (AvgIpc) is 3.01. The highest BCUT2D eigenvalue weighted by Crippen LogP contribution is 2.26. The molecule has 170 valence electrons. The number of hydrogen-bond donors (Lipinski definition) is 2. The number of nitrogens with zero attached hydrogens (tertiary/aromatic N) is 1. The zero-order valence-electron chi connectivity index (χ0n) is 17.7. The molecule has 2 aromatic carbocycles. The van der Waals surface area contributed by atoms with E-state index in [4.69, 9.17) is 4.74 Å². The van der Waals surface area contributed by atoms with Gasteiger partial charge in [0.2, 0.25) is 5.91 Å². The monoisotopic (exact) mass is 458 g/mol. The van der Waals surface area contributed by atoms with Gasteiger partial charge in [-0.1, -0.05) is 36.4 Å². The predicted octanol–water partition coefficient (Wildman–Crippen LogP) is 2.56. The fourth-order valence-electron chi connectivity index (χ4n) is 3.59. The molecule has 0 saturated carbocycles. The molecule has 0 aliphatic carbocycles. The van der Waals surface area contributed by atoms with Crippen LogP contribution in [-0.2, 0) is 26.0 Å². The zero-order chi connectivity index (χ0) is 23.1. The first-order valence-corrected chi connectivity index (χ1v) is 11.7. The maximum Gasteiger partial charge on any atom is 0.329 e. The van der Waals surface area contributed by atoms with Gasteiger partial charge >= 0.3 is 5.97 Å². The Kier molecular flexibility index (Phi) is 7.53. The van der Waals surface area contributed by atoms with Gasteiger partial charge in [-0.25, -0.2) is 13.2 Å². The summed E-state index contributed by atoms with van der Waals surface area (Å²) in [5.41, 5.74) is 0.990. The second kappa shape index (κ2) is 10.3. The third-order valence-electron chi connectivity index (χ3n) is 5.27. The first-order chi connectivity index (χ1) is 15.3. The van der Waals surface area contributed by atoms with Gasteiger partial charge in [-0.3, -0.25) is 9.10 Å². The van der Waals surface area contributed by atoms with Crippen molar-refractivity contribution in [3.8, 4) is 5.75 Å². The number of carbonyl (C=O) groups excluding carboxylic acids is 1. The van der Waals surface area contributed by atoms with Crippen molar-refractivity contribution in [1.82, 2.24) is 9.62 Å². The molecule has 1 aliphatic heterocycles. The van der Waals surface area contributed by atoms with Gasteiger partial charge in [0.05, 0.1) is 18.0 Å². The van der Waals surface area contributed by atoms with Crippen molar-refractivity contribution in [1.29, 1.82) is 0 Å². The molecule has 2 aromatic rings. The normalized spacial score (nSPS) is 18.6. The van der Waals surface area contributed by atoms with E-state index in [2.05, 4.69) is 5.32 Å². The minimum absolute atomic E-state index is 0.0646. The van der Waals surface area contributed by atoms with E-state index in [1.165, 1.54) is 37.6 Å². The van der Waals surface area contributed by atoms with Crippen molar-refractivity contribution in [3.05, 3.63) is 72.4 Å². The summed E-state index contributed by atoms with van der Waals surface area (Å²) in [6, 6.07) is 12.8. The summed E-state index contributed by atoms with van der Waals surface area (Å²) < 4.78 is 32.4. The summed E-state index contributed by atoms with van der Waals surface area (Å²) in [5.74, 6) is -1.18. The van der Waals surface area contributed by atoms with E-state index in [-0.39, 0.29) is 17.2 Å². The molecule has 1 heterocycles. The molecule has 9 heteroatoms. The van der Waals surface area contributed by atoms with E-state index in [1.807, 2.05) is 30.3 Å². The van der Waals surface area contributed by atoms with Crippen molar-refractivity contribution in [3.63, 3.8) is 0 Å². The number of allylic oxidation sites excluding steroid dienone is 1. The topological polar surface area (TPSA) is 113 Å². The molecule has 32 heavy (non-hydrogen) atoms. The van der Waals surface area contributed by atoms with Crippen molar-refractivity contribution in [2.75, 3.05) is 7.11 Å². The van der Waals surface area contributed by atoms with Gasteiger partial charge in [0.15, 0.2) is 6.04 Å².